The number of ketones is 1. The molecule has 0 aliphatic rings. The Morgan fingerprint density at radius 3 is 2.42 bits per heavy atom. The number of para-hydroxylation sites is 1. The first-order valence-electron chi connectivity index (χ1n) is 8.89. The molecule has 0 atom stereocenters. The van der Waals surface area contributed by atoms with Crippen LogP contribution in [0.1, 0.15) is 42.1 Å². The van der Waals surface area contributed by atoms with Gasteiger partial charge in [0.05, 0.1) is 7.11 Å². The Kier molecular flexibility index (Phi) is 7.83. The molecule has 2 N–H and O–H groups in total. The lowest BCUT2D eigenvalue weighted by Gasteiger charge is -2.11. The van der Waals surface area contributed by atoms with Crippen molar-refractivity contribution in [3.05, 3.63) is 59.7 Å². The van der Waals surface area contributed by atoms with Gasteiger partial charge in [0.15, 0.2) is 5.78 Å². The average molecular weight is 354 g/mol. The fraction of sp³-hybridized carbons (Fsp3) is 0.333. The number of ether oxygens (including phenoxy) is 1. The second-order valence-electron chi connectivity index (χ2n) is 5.99. The summed E-state index contributed by atoms with van der Waals surface area (Å²) in [6.45, 7) is 3.62. The van der Waals surface area contributed by atoms with Crippen LogP contribution in [0.15, 0.2) is 48.5 Å². The van der Waals surface area contributed by atoms with Gasteiger partial charge in [0.2, 0.25) is 5.91 Å². The number of rotatable bonds is 10. The second-order valence-corrected chi connectivity index (χ2v) is 5.99. The molecule has 1 amide bonds. The van der Waals surface area contributed by atoms with Gasteiger partial charge in [-0.05, 0) is 48.9 Å². The van der Waals surface area contributed by atoms with Crippen molar-refractivity contribution in [3.63, 3.8) is 0 Å². The molecule has 0 fully saturated rings. The standard InChI is InChI=1S/C21H26N2O3/c1-3-22-15-17-7-4-5-8-19(17)23-21(25)10-6-9-20(24)16-11-13-18(26-2)14-12-16/h4-5,7-8,11-14,22H,3,6,9-10,15H2,1-2H3,(H,23,25). The van der Waals surface area contributed by atoms with E-state index in [-0.39, 0.29) is 11.7 Å². The third kappa shape index (κ3) is 6.01. The highest BCUT2D eigenvalue weighted by atomic mass is 16.5. The maximum Gasteiger partial charge on any atom is 0.224 e. The smallest absolute Gasteiger partial charge is 0.224 e. The van der Waals surface area contributed by atoms with Crippen molar-refractivity contribution in [2.24, 2.45) is 0 Å². The van der Waals surface area contributed by atoms with Crippen molar-refractivity contribution in [3.8, 4) is 5.75 Å². The second kappa shape index (κ2) is 10.4. The largest absolute Gasteiger partial charge is 0.497 e. The first-order chi connectivity index (χ1) is 12.6. The first-order valence-corrected chi connectivity index (χ1v) is 8.89. The van der Waals surface area contributed by atoms with Gasteiger partial charge in [0, 0.05) is 30.6 Å². The van der Waals surface area contributed by atoms with E-state index in [1.165, 1.54) is 0 Å². The first kappa shape index (κ1) is 19.7. The quantitative estimate of drug-likeness (QED) is 0.637. The highest BCUT2D eigenvalue weighted by molar-refractivity contribution is 5.97. The van der Waals surface area contributed by atoms with Crippen LogP contribution < -0.4 is 15.4 Å². The van der Waals surface area contributed by atoms with Crippen molar-refractivity contribution in [1.29, 1.82) is 0 Å². The molecule has 0 saturated carbocycles. The normalized spacial score (nSPS) is 10.4. The van der Waals surface area contributed by atoms with Crippen LogP contribution in [0.5, 0.6) is 5.75 Å². The molecule has 5 heteroatoms. The summed E-state index contributed by atoms with van der Waals surface area (Å²) in [5.41, 5.74) is 2.51. The Labute approximate surface area is 154 Å². The lowest BCUT2D eigenvalue weighted by atomic mass is 10.1. The maximum absolute atomic E-state index is 12.2. The molecular formula is C21H26N2O3. The van der Waals surface area contributed by atoms with E-state index in [9.17, 15) is 9.59 Å². The summed E-state index contributed by atoms with van der Waals surface area (Å²) in [6.07, 6.45) is 1.18. The number of Topliss-reactive ketones (excluding diaryl/α,β-unsaturated/α-hetero) is 1. The summed E-state index contributed by atoms with van der Waals surface area (Å²) in [5.74, 6) is 0.682. The minimum Gasteiger partial charge on any atom is -0.497 e. The van der Waals surface area contributed by atoms with Gasteiger partial charge in [0.1, 0.15) is 5.75 Å². The Morgan fingerprint density at radius 1 is 1.00 bits per heavy atom. The Balaban J connectivity index is 1.80. The number of carbonyl (C=O) groups excluding carboxylic acids is 2. The van der Waals surface area contributed by atoms with Crippen LogP contribution >= 0.6 is 0 Å². The number of hydrogen-bond acceptors (Lipinski definition) is 4. The number of nitrogens with one attached hydrogen (secondary N) is 2. The molecule has 0 radical (unpaired) electrons. The van der Waals surface area contributed by atoms with Crippen LogP contribution in [-0.2, 0) is 11.3 Å². The summed E-state index contributed by atoms with van der Waals surface area (Å²) < 4.78 is 5.08. The van der Waals surface area contributed by atoms with Gasteiger partial charge < -0.3 is 15.4 Å². The molecule has 2 aromatic rings. The van der Waals surface area contributed by atoms with Gasteiger partial charge in [-0.1, -0.05) is 25.1 Å². The van der Waals surface area contributed by atoms with E-state index in [1.54, 1.807) is 31.4 Å². The van der Waals surface area contributed by atoms with E-state index in [1.807, 2.05) is 31.2 Å². The van der Waals surface area contributed by atoms with Gasteiger partial charge in [-0.25, -0.2) is 0 Å². The zero-order valence-corrected chi connectivity index (χ0v) is 15.4. The number of methoxy groups -OCH3 is 1. The Bertz CT molecular complexity index is 726. The Hall–Kier alpha value is -2.66. The predicted molar refractivity (Wildman–Crippen MR) is 104 cm³/mol. The lowest BCUT2D eigenvalue weighted by molar-refractivity contribution is -0.116. The van der Waals surface area contributed by atoms with Crippen molar-refractivity contribution < 1.29 is 14.3 Å². The third-order valence-electron chi connectivity index (χ3n) is 4.08. The molecule has 0 unspecified atom stereocenters. The SMILES string of the molecule is CCNCc1ccccc1NC(=O)CCCC(=O)c1ccc(OC)cc1. The summed E-state index contributed by atoms with van der Waals surface area (Å²) >= 11 is 0. The molecule has 26 heavy (non-hydrogen) atoms. The monoisotopic (exact) mass is 354 g/mol. The van der Waals surface area contributed by atoms with Crippen molar-refractivity contribution >= 4 is 17.4 Å². The van der Waals surface area contributed by atoms with E-state index in [4.69, 9.17) is 4.74 Å². The van der Waals surface area contributed by atoms with Gasteiger partial charge in [0.25, 0.3) is 0 Å². The van der Waals surface area contributed by atoms with Crippen molar-refractivity contribution in [2.75, 3.05) is 19.0 Å². The van der Waals surface area contributed by atoms with Crippen LogP contribution in [0.25, 0.3) is 0 Å². The summed E-state index contributed by atoms with van der Waals surface area (Å²) in [7, 11) is 1.59. The van der Waals surface area contributed by atoms with Gasteiger partial charge in [-0.15, -0.1) is 0 Å². The summed E-state index contributed by atoms with van der Waals surface area (Å²) in [6, 6.07) is 14.8. The van der Waals surface area contributed by atoms with E-state index in [0.717, 1.165) is 23.5 Å². The zero-order chi connectivity index (χ0) is 18.8. The molecule has 0 aliphatic heterocycles. The molecule has 5 nitrogen and oxygen atoms in total. The maximum atomic E-state index is 12.2. The van der Waals surface area contributed by atoms with E-state index < -0.39 is 0 Å². The fourth-order valence-corrected chi connectivity index (χ4v) is 2.60. The minimum atomic E-state index is -0.0727. The highest BCUT2D eigenvalue weighted by Crippen LogP contribution is 2.16. The van der Waals surface area contributed by atoms with Gasteiger partial charge in [-0.2, -0.15) is 0 Å². The zero-order valence-electron chi connectivity index (χ0n) is 15.4. The Morgan fingerprint density at radius 2 is 1.73 bits per heavy atom. The molecule has 138 valence electrons. The highest BCUT2D eigenvalue weighted by Gasteiger charge is 2.10. The molecule has 2 aromatic carbocycles. The molecule has 2 rings (SSSR count). The van der Waals surface area contributed by atoms with Crippen molar-refractivity contribution in [1.82, 2.24) is 5.32 Å². The molecule has 0 aromatic heterocycles. The van der Waals surface area contributed by atoms with E-state index in [2.05, 4.69) is 10.6 Å². The molecule has 0 heterocycles. The summed E-state index contributed by atoms with van der Waals surface area (Å²) in [4.78, 5) is 24.4. The van der Waals surface area contributed by atoms with E-state index >= 15 is 0 Å². The third-order valence-corrected chi connectivity index (χ3v) is 4.08. The van der Waals surface area contributed by atoms with Crippen molar-refractivity contribution in [2.45, 2.75) is 32.7 Å². The van der Waals surface area contributed by atoms with Gasteiger partial charge in [-0.3, -0.25) is 9.59 Å². The molecule has 0 spiro atoms. The van der Waals surface area contributed by atoms with Gasteiger partial charge >= 0.3 is 0 Å². The van der Waals surface area contributed by atoms with Crippen LogP contribution in [0.3, 0.4) is 0 Å². The van der Waals surface area contributed by atoms with Crippen LogP contribution in [0, 0.1) is 0 Å². The topological polar surface area (TPSA) is 67.4 Å². The van der Waals surface area contributed by atoms with Crippen LogP contribution in [0.4, 0.5) is 5.69 Å². The number of anilines is 1. The minimum absolute atomic E-state index is 0.0352. The number of benzene rings is 2. The average Bonchev–Trinajstić information content (AvgIpc) is 2.67. The van der Waals surface area contributed by atoms with E-state index in [0.29, 0.717) is 31.4 Å². The van der Waals surface area contributed by atoms with Crippen LogP contribution in [-0.4, -0.2) is 25.3 Å². The van der Waals surface area contributed by atoms with Crippen LogP contribution in [0.2, 0.25) is 0 Å². The molecular weight excluding hydrogens is 328 g/mol. The molecule has 0 saturated heterocycles. The fourth-order valence-electron chi connectivity index (χ4n) is 2.60. The lowest BCUT2D eigenvalue weighted by Crippen LogP contribution is -2.17. The molecule has 0 bridgehead atoms. The number of hydrogen-bond donors (Lipinski definition) is 2. The summed E-state index contributed by atoms with van der Waals surface area (Å²) in [5, 5.41) is 6.20. The predicted octanol–water partition coefficient (Wildman–Crippen LogP) is 3.80. The number of amides is 1. The number of carbonyl (C=O) groups is 2. The molecule has 0 aliphatic carbocycles.